The lowest BCUT2D eigenvalue weighted by molar-refractivity contribution is -0.133. The van der Waals surface area contributed by atoms with Crippen molar-refractivity contribution in [2.45, 2.75) is 13.0 Å². The van der Waals surface area contributed by atoms with Crippen LogP contribution in [0.25, 0.3) is 6.08 Å². The highest BCUT2D eigenvalue weighted by Gasteiger charge is 2.32. The number of hydrogen-bond acceptors (Lipinski definition) is 6. The van der Waals surface area contributed by atoms with Gasteiger partial charge in [0, 0.05) is 0 Å². The molecule has 0 bridgehead atoms. The Kier molecular flexibility index (Phi) is 6.11. The van der Waals surface area contributed by atoms with Crippen LogP contribution in [0.15, 0.2) is 66.4 Å². The van der Waals surface area contributed by atoms with Crippen LogP contribution in [0.1, 0.15) is 24.1 Å². The monoisotopic (exact) mass is 578 g/mol. The van der Waals surface area contributed by atoms with Crippen LogP contribution >= 0.6 is 43.2 Å². The number of rotatable bonds is 4. The minimum absolute atomic E-state index is 0.0456. The van der Waals surface area contributed by atoms with Gasteiger partial charge in [-0.1, -0.05) is 23.5 Å². The van der Waals surface area contributed by atoms with E-state index in [-0.39, 0.29) is 16.9 Å². The van der Waals surface area contributed by atoms with Crippen LogP contribution in [-0.4, -0.2) is 27.9 Å². The fourth-order valence-electron chi connectivity index (χ4n) is 3.52. The third-order valence-corrected chi connectivity index (χ3v) is 7.21. The minimum atomic E-state index is -1.13. The van der Waals surface area contributed by atoms with Crippen molar-refractivity contribution >= 4 is 55.2 Å². The molecular weight excluding hydrogens is 564 g/mol. The number of carboxylic acids is 1. The highest BCUT2D eigenvalue weighted by atomic mass is 79.9. The van der Waals surface area contributed by atoms with Crippen molar-refractivity contribution in [1.82, 2.24) is 4.57 Å². The van der Waals surface area contributed by atoms with Crippen LogP contribution in [0.3, 0.4) is 0 Å². The molecule has 1 aliphatic heterocycles. The topological polar surface area (TPSA) is 101 Å². The maximum atomic E-state index is 13.4. The molecule has 164 valence electrons. The molecule has 32 heavy (non-hydrogen) atoms. The lowest BCUT2D eigenvalue weighted by Crippen LogP contribution is -2.39. The van der Waals surface area contributed by atoms with Crippen LogP contribution in [-0.2, 0) is 4.79 Å². The van der Waals surface area contributed by atoms with Gasteiger partial charge >= 0.3 is 5.97 Å². The molecule has 0 aliphatic carbocycles. The van der Waals surface area contributed by atoms with Crippen LogP contribution < -0.4 is 19.6 Å². The standard InChI is InChI=1S/C22H16Br2N2O5S/c1-10-17(21(29)30)18(12-3-5-13(31-2)6-4-12)26-20(28)16(32-22(26)25-10)9-11-7-14(23)19(27)15(24)8-11/h3-9,18,27H,1-2H3,(H,29,30)/b16-9-. The summed E-state index contributed by atoms with van der Waals surface area (Å²) in [5.74, 6) is -0.445. The highest BCUT2D eigenvalue weighted by molar-refractivity contribution is 9.11. The van der Waals surface area contributed by atoms with E-state index in [1.54, 1.807) is 56.5 Å². The Morgan fingerprint density at radius 3 is 2.41 bits per heavy atom. The Bertz CT molecular complexity index is 1430. The van der Waals surface area contributed by atoms with Crippen molar-refractivity contribution in [1.29, 1.82) is 0 Å². The van der Waals surface area contributed by atoms with Gasteiger partial charge in [-0.25, -0.2) is 9.79 Å². The third-order valence-electron chi connectivity index (χ3n) is 5.02. The Morgan fingerprint density at radius 1 is 1.22 bits per heavy atom. The molecule has 7 nitrogen and oxygen atoms in total. The number of nitrogens with zero attached hydrogens (tertiary/aromatic N) is 2. The van der Waals surface area contributed by atoms with E-state index in [1.165, 1.54) is 15.9 Å². The molecule has 2 heterocycles. The fourth-order valence-corrected chi connectivity index (χ4v) is 5.78. The molecule has 0 fully saturated rings. The van der Waals surface area contributed by atoms with Crippen LogP contribution in [0.2, 0.25) is 0 Å². The largest absolute Gasteiger partial charge is 0.506 e. The van der Waals surface area contributed by atoms with Crippen molar-refractivity contribution in [2.75, 3.05) is 7.11 Å². The number of aliphatic carboxylic acids is 1. The number of aromatic hydroxyl groups is 1. The van der Waals surface area contributed by atoms with Crippen LogP contribution in [0.4, 0.5) is 0 Å². The van der Waals surface area contributed by atoms with Crippen LogP contribution in [0, 0.1) is 0 Å². The number of methoxy groups -OCH3 is 1. The first-order valence-electron chi connectivity index (χ1n) is 9.29. The SMILES string of the molecule is COc1ccc(C2C(C(=O)O)=C(C)N=c3s/c(=C\c4cc(Br)c(O)c(Br)c4)c(=O)n32)cc1. The van der Waals surface area contributed by atoms with Crippen molar-refractivity contribution < 1.29 is 19.7 Å². The number of carbonyl (C=O) groups is 1. The maximum absolute atomic E-state index is 13.4. The first kappa shape index (κ1) is 22.5. The van der Waals surface area contributed by atoms with Gasteiger partial charge in [0.25, 0.3) is 5.56 Å². The average molecular weight is 580 g/mol. The molecular formula is C22H16Br2N2O5S. The summed E-state index contributed by atoms with van der Waals surface area (Å²) in [5, 5.41) is 19.8. The molecule has 3 aromatic rings. The average Bonchev–Trinajstić information content (AvgIpc) is 3.05. The predicted octanol–water partition coefficient (Wildman–Crippen LogP) is 3.56. The van der Waals surface area contributed by atoms with E-state index < -0.39 is 12.0 Å². The third kappa shape index (κ3) is 3.94. The van der Waals surface area contributed by atoms with E-state index >= 15 is 0 Å². The van der Waals surface area contributed by atoms with Gasteiger partial charge < -0.3 is 14.9 Å². The number of fused-ring (bicyclic) bond motifs is 1. The van der Waals surface area contributed by atoms with E-state index in [0.717, 1.165) is 0 Å². The second-order valence-corrected chi connectivity index (χ2v) is 9.71. The summed E-state index contributed by atoms with van der Waals surface area (Å²) < 4.78 is 7.97. The van der Waals surface area contributed by atoms with Gasteiger partial charge in [0.2, 0.25) is 0 Å². The molecule has 2 N–H and O–H groups in total. The lowest BCUT2D eigenvalue weighted by Gasteiger charge is -2.23. The zero-order chi connectivity index (χ0) is 23.2. The summed E-state index contributed by atoms with van der Waals surface area (Å²) in [6.07, 6.45) is 1.68. The summed E-state index contributed by atoms with van der Waals surface area (Å²) in [4.78, 5) is 30.3. The number of allylic oxidation sites excluding steroid dienone is 1. The van der Waals surface area contributed by atoms with Gasteiger partial charge in [-0.2, -0.15) is 0 Å². The molecule has 0 radical (unpaired) electrons. The summed E-state index contributed by atoms with van der Waals surface area (Å²) in [6, 6.07) is 9.50. The maximum Gasteiger partial charge on any atom is 0.335 e. The second kappa shape index (κ2) is 8.68. The van der Waals surface area contributed by atoms with Crippen molar-refractivity contribution in [3.05, 3.63) is 87.4 Å². The Morgan fingerprint density at radius 2 is 1.84 bits per heavy atom. The molecule has 0 saturated heterocycles. The number of thiazole rings is 1. The van der Waals surface area contributed by atoms with Crippen molar-refractivity contribution in [3.8, 4) is 11.5 Å². The van der Waals surface area contributed by atoms with Gasteiger partial charge in [-0.05, 0) is 80.3 Å². The number of ether oxygens (including phenoxy) is 1. The number of aromatic nitrogens is 1. The molecule has 0 amide bonds. The summed E-state index contributed by atoms with van der Waals surface area (Å²) in [6.45, 7) is 1.63. The zero-order valence-corrected chi connectivity index (χ0v) is 20.8. The number of halogens is 2. The van der Waals surface area contributed by atoms with Gasteiger partial charge in [-0.15, -0.1) is 0 Å². The van der Waals surface area contributed by atoms with Crippen molar-refractivity contribution in [3.63, 3.8) is 0 Å². The molecule has 1 aliphatic rings. The summed E-state index contributed by atoms with van der Waals surface area (Å²) in [7, 11) is 1.55. The first-order valence-corrected chi connectivity index (χ1v) is 11.7. The van der Waals surface area contributed by atoms with E-state index in [9.17, 15) is 19.8 Å². The number of phenols is 1. The van der Waals surface area contributed by atoms with E-state index in [2.05, 4.69) is 36.9 Å². The first-order chi connectivity index (χ1) is 15.2. The Hall–Kier alpha value is -2.69. The van der Waals surface area contributed by atoms with Crippen LogP contribution in [0.5, 0.6) is 11.5 Å². The minimum Gasteiger partial charge on any atom is -0.506 e. The molecule has 0 saturated carbocycles. The van der Waals surface area contributed by atoms with E-state index in [4.69, 9.17) is 4.74 Å². The number of hydrogen-bond donors (Lipinski definition) is 2. The Labute approximate surface area is 202 Å². The van der Waals surface area contributed by atoms with E-state index in [1.807, 2.05) is 0 Å². The quantitative estimate of drug-likeness (QED) is 0.492. The molecule has 1 aromatic heterocycles. The Balaban J connectivity index is 1.95. The molecule has 2 aromatic carbocycles. The van der Waals surface area contributed by atoms with Gasteiger partial charge in [0.05, 0.1) is 37.9 Å². The van der Waals surface area contributed by atoms with Crippen molar-refractivity contribution in [2.24, 2.45) is 4.99 Å². The highest BCUT2D eigenvalue weighted by Crippen LogP contribution is 2.34. The number of benzene rings is 2. The summed E-state index contributed by atoms with van der Waals surface area (Å²) >= 11 is 7.76. The van der Waals surface area contributed by atoms with Gasteiger partial charge in [0.1, 0.15) is 11.5 Å². The zero-order valence-electron chi connectivity index (χ0n) is 16.8. The van der Waals surface area contributed by atoms with Gasteiger partial charge in [0.15, 0.2) is 4.80 Å². The van der Waals surface area contributed by atoms with E-state index in [0.29, 0.717) is 40.9 Å². The smallest absolute Gasteiger partial charge is 0.335 e. The lowest BCUT2D eigenvalue weighted by atomic mass is 9.96. The fraction of sp³-hybridized carbons (Fsp3) is 0.136. The summed E-state index contributed by atoms with van der Waals surface area (Å²) in [5.41, 5.74) is 1.37. The molecule has 10 heteroatoms. The molecule has 0 spiro atoms. The normalized spacial score (nSPS) is 16.0. The second-order valence-electron chi connectivity index (χ2n) is 6.99. The number of phenolic OH excluding ortho intramolecular Hbond substituents is 1. The van der Waals surface area contributed by atoms with Gasteiger partial charge in [-0.3, -0.25) is 9.36 Å². The molecule has 1 atom stereocenters. The number of carboxylic acid groups (broad SMARTS) is 1. The molecule has 1 unspecified atom stereocenters. The molecule has 4 rings (SSSR count). The predicted molar refractivity (Wildman–Crippen MR) is 128 cm³/mol.